The highest BCUT2D eigenvalue weighted by Gasteiger charge is 2.12. The van der Waals surface area contributed by atoms with E-state index < -0.39 is 5.91 Å². The van der Waals surface area contributed by atoms with E-state index in [0.717, 1.165) is 16.8 Å². The second kappa shape index (κ2) is 7.13. The van der Waals surface area contributed by atoms with Gasteiger partial charge in [-0.3, -0.25) is 4.79 Å². The lowest BCUT2D eigenvalue weighted by molar-refractivity contribution is 0.0929. The minimum absolute atomic E-state index is 0.179. The van der Waals surface area contributed by atoms with Gasteiger partial charge in [-0.1, -0.05) is 23.7 Å². The fourth-order valence-corrected chi connectivity index (χ4v) is 3.03. The van der Waals surface area contributed by atoms with E-state index in [1.165, 1.54) is 5.56 Å². The summed E-state index contributed by atoms with van der Waals surface area (Å²) in [5, 5.41) is 5.41. The molecule has 1 amide bonds. The molecule has 0 spiro atoms. The van der Waals surface area contributed by atoms with E-state index >= 15 is 0 Å². The number of aromatic nitrogens is 1. The summed E-state index contributed by atoms with van der Waals surface area (Å²) in [5.74, 6) is -0.245. The van der Waals surface area contributed by atoms with Crippen LogP contribution in [0.2, 0.25) is 5.02 Å². The van der Waals surface area contributed by atoms with Gasteiger partial charge < -0.3 is 8.98 Å². The Bertz CT molecular complexity index is 1160. The molecule has 4 rings (SSSR count). The van der Waals surface area contributed by atoms with Gasteiger partial charge in [0.05, 0.1) is 11.9 Å². The predicted molar refractivity (Wildman–Crippen MR) is 107 cm³/mol. The quantitative estimate of drug-likeness (QED) is 0.404. The fraction of sp³-hybridized carbons (Fsp3) is 0.0476. The van der Waals surface area contributed by atoms with Gasteiger partial charge in [-0.15, -0.1) is 0 Å². The first-order chi connectivity index (χ1) is 13.1. The third-order valence-corrected chi connectivity index (χ3v) is 4.36. The van der Waals surface area contributed by atoms with Crippen LogP contribution in [0, 0.1) is 6.92 Å². The van der Waals surface area contributed by atoms with Crippen molar-refractivity contribution in [3.05, 3.63) is 88.9 Å². The molecule has 0 fully saturated rings. The summed E-state index contributed by atoms with van der Waals surface area (Å²) in [5.41, 5.74) is 6.14. The first-order valence-corrected chi connectivity index (χ1v) is 8.75. The summed E-state index contributed by atoms with van der Waals surface area (Å²) in [4.78, 5) is 12.3. The van der Waals surface area contributed by atoms with Gasteiger partial charge in [0.2, 0.25) is 0 Å². The molecule has 27 heavy (non-hydrogen) atoms. The lowest BCUT2D eigenvalue weighted by atomic mass is 10.2. The summed E-state index contributed by atoms with van der Waals surface area (Å²) in [6, 6.07) is 18.8. The molecular formula is C21H16ClN3O2. The van der Waals surface area contributed by atoms with Crippen LogP contribution in [-0.4, -0.2) is 16.7 Å². The van der Waals surface area contributed by atoms with E-state index in [9.17, 15) is 4.79 Å². The third kappa shape index (κ3) is 3.64. The number of nitrogens with zero attached hydrogens (tertiary/aromatic N) is 2. The van der Waals surface area contributed by atoms with Crippen molar-refractivity contribution in [2.24, 2.45) is 5.10 Å². The Morgan fingerprint density at radius 2 is 2.04 bits per heavy atom. The zero-order chi connectivity index (χ0) is 18.8. The van der Waals surface area contributed by atoms with Gasteiger partial charge in [-0.25, -0.2) is 5.43 Å². The zero-order valence-corrected chi connectivity index (χ0v) is 15.3. The Kier molecular flexibility index (Phi) is 4.52. The van der Waals surface area contributed by atoms with Crippen LogP contribution in [0.15, 0.2) is 76.4 Å². The molecule has 0 aliphatic rings. The number of amides is 1. The molecule has 2 aromatic heterocycles. The number of halogens is 1. The van der Waals surface area contributed by atoms with Crippen molar-refractivity contribution in [2.45, 2.75) is 6.92 Å². The van der Waals surface area contributed by atoms with Crippen molar-refractivity contribution in [1.29, 1.82) is 0 Å². The van der Waals surface area contributed by atoms with Crippen LogP contribution in [0.25, 0.3) is 16.7 Å². The minimum atomic E-state index is -0.424. The summed E-state index contributed by atoms with van der Waals surface area (Å²) in [6.45, 7) is 2.04. The van der Waals surface area contributed by atoms with E-state index in [-0.39, 0.29) is 5.76 Å². The standard InChI is InChI=1S/C21H16ClN3O2/c1-14-4-2-5-17(10-14)25-9-3-6-18(25)13-23-24-21(26)20-12-15-11-16(22)7-8-19(15)27-20/h2-13H,1H3,(H,24,26)/b23-13+. The number of aryl methyl sites for hydroxylation is 1. The van der Waals surface area contributed by atoms with Crippen molar-refractivity contribution in [2.75, 3.05) is 0 Å². The van der Waals surface area contributed by atoms with Crippen molar-refractivity contribution in [3.63, 3.8) is 0 Å². The second-order valence-electron chi connectivity index (χ2n) is 6.13. The van der Waals surface area contributed by atoms with Gasteiger partial charge in [0, 0.05) is 22.3 Å². The monoisotopic (exact) mass is 377 g/mol. The van der Waals surface area contributed by atoms with Crippen LogP contribution in [0.5, 0.6) is 0 Å². The number of fused-ring (bicyclic) bond motifs is 1. The van der Waals surface area contributed by atoms with E-state index in [1.54, 1.807) is 30.5 Å². The van der Waals surface area contributed by atoms with Crippen molar-refractivity contribution in [3.8, 4) is 5.69 Å². The number of carbonyl (C=O) groups excluding carboxylic acids is 1. The number of hydrogen-bond donors (Lipinski definition) is 1. The number of rotatable bonds is 4. The molecule has 0 saturated heterocycles. The molecule has 0 atom stereocenters. The number of hydrogen-bond acceptors (Lipinski definition) is 3. The van der Waals surface area contributed by atoms with Crippen molar-refractivity contribution >= 4 is 34.7 Å². The van der Waals surface area contributed by atoms with E-state index in [1.807, 2.05) is 48.0 Å². The molecule has 1 N–H and O–H groups in total. The molecule has 134 valence electrons. The maximum Gasteiger partial charge on any atom is 0.307 e. The van der Waals surface area contributed by atoms with E-state index in [0.29, 0.717) is 10.6 Å². The second-order valence-corrected chi connectivity index (χ2v) is 6.57. The molecule has 0 aliphatic carbocycles. The van der Waals surface area contributed by atoms with Gasteiger partial charge in [-0.2, -0.15) is 5.10 Å². The summed E-state index contributed by atoms with van der Waals surface area (Å²) in [6.07, 6.45) is 3.54. The normalized spacial score (nSPS) is 11.3. The molecular weight excluding hydrogens is 362 g/mol. The van der Waals surface area contributed by atoms with Crippen LogP contribution >= 0.6 is 11.6 Å². The van der Waals surface area contributed by atoms with Gasteiger partial charge in [0.15, 0.2) is 5.76 Å². The fourth-order valence-electron chi connectivity index (χ4n) is 2.85. The Morgan fingerprint density at radius 1 is 1.15 bits per heavy atom. The van der Waals surface area contributed by atoms with Crippen LogP contribution in [0.4, 0.5) is 0 Å². The van der Waals surface area contributed by atoms with Crippen molar-refractivity contribution in [1.82, 2.24) is 9.99 Å². The maximum absolute atomic E-state index is 12.3. The molecule has 4 aromatic rings. The summed E-state index contributed by atoms with van der Waals surface area (Å²) >= 11 is 5.96. The molecule has 0 bridgehead atoms. The van der Waals surface area contributed by atoms with Crippen molar-refractivity contribution < 1.29 is 9.21 Å². The number of benzene rings is 2. The van der Waals surface area contributed by atoms with Gasteiger partial charge in [-0.05, 0) is 61.0 Å². The van der Waals surface area contributed by atoms with Gasteiger partial charge in [0.1, 0.15) is 5.58 Å². The lowest BCUT2D eigenvalue weighted by Crippen LogP contribution is -2.17. The average Bonchev–Trinajstić information content (AvgIpc) is 3.28. The first-order valence-electron chi connectivity index (χ1n) is 8.37. The minimum Gasteiger partial charge on any atom is -0.451 e. The first kappa shape index (κ1) is 17.1. The average molecular weight is 378 g/mol. The number of nitrogens with one attached hydrogen (secondary N) is 1. The summed E-state index contributed by atoms with van der Waals surface area (Å²) < 4.78 is 7.52. The Labute approximate surface area is 160 Å². The molecule has 0 radical (unpaired) electrons. The summed E-state index contributed by atoms with van der Waals surface area (Å²) in [7, 11) is 0. The SMILES string of the molecule is Cc1cccc(-n2cccc2/C=N/NC(=O)c2cc3cc(Cl)ccc3o2)c1. The highest BCUT2D eigenvalue weighted by Crippen LogP contribution is 2.23. The smallest absolute Gasteiger partial charge is 0.307 e. The van der Waals surface area contributed by atoms with E-state index in [4.69, 9.17) is 16.0 Å². The molecule has 2 aromatic carbocycles. The van der Waals surface area contributed by atoms with Crippen LogP contribution < -0.4 is 5.43 Å². The van der Waals surface area contributed by atoms with Gasteiger partial charge in [0.25, 0.3) is 0 Å². The molecule has 0 unspecified atom stereocenters. The topological polar surface area (TPSA) is 59.5 Å². The Hall–Kier alpha value is -3.31. The highest BCUT2D eigenvalue weighted by molar-refractivity contribution is 6.31. The molecule has 5 nitrogen and oxygen atoms in total. The van der Waals surface area contributed by atoms with Crippen LogP contribution in [-0.2, 0) is 0 Å². The molecule has 0 saturated carbocycles. The number of hydrazone groups is 1. The van der Waals surface area contributed by atoms with Gasteiger partial charge >= 0.3 is 5.91 Å². The Morgan fingerprint density at radius 3 is 2.89 bits per heavy atom. The number of carbonyl (C=O) groups is 1. The Balaban J connectivity index is 1.51. The molecule has 2 heterocycles. The highest BCUT2D eigenvalue weighted by atomic mass is 35.5. The largest absolute Gasteiger partial charge is 0.451 e. The predicted octanol–water partition coefficient (Wildman–Crippen LogP) is 4.95. The molecule has 0 aliphatic heterocycles. The van der Waals surface area contributed by atoms with Crippen LogP contribution in [0.1, 0.15) is 21.8 Å². The maximum atomic E-state index is 12.3. The zero-order valence-electron chi connectivity index (χ0n) is 14.5. The molecule has 6 heteroatoms. The third-order valence-electron chi connectivity index (χ3n) is 4.13. The lowest BCUT2D eigenvalue weighted by Gasteiger charge is -2.06. The van der Waals surface area contributed by atoms with Crippen LogP contribution in [0.3, 0.4) is 0 Å². The van der Waals surface area contributed by atoms with E-state index in [2.05, 4.69) is 16.6 Å². The number of furan rings is 1.